The predicted octanol–water partition coefficient (Wildman–Crippen LogP) is -1.47. The van der Waals surface area contributed by atoms with Gasteiger partial charge in [-0.2, -0.15) is 0 Å². The first kappa shape index (κ1) is 13.4. The number of aliphatic carboxylic acids is 1. The first-order valence-corrected chi connectivity index (χ1v) is 5.50. The topological polar surface area (TPSA) is 113 Å². The Kier molecular flexibility index (Phi) is 4.45. The number of rotatable bonds is 4. The van der Waals surface area contributed by atoms with Crippen molar-refractivity contribution in [3.63, 3.8) is 0 Å². The van der Waals surface area contributed by atoms with Crippen LogP contribution in [0.15, 0.2) is 0 Å². The van der Waals surface area contributed by atoms with Crippen molar-refractivity contribution in [1.82, 2.24) is 10.2 Å². The van der Waals surface area contributed by atoms with Gasteiger partial charge < -0.3 is 21.1 Å². The Morgan fingerprint density at radius 3 is 2.71 bits per heavy atom. The number of nitrogens with one attached hydrogen (secondary N) is 1. The maximum atomic E-state index is 11.8. The van der Waals surface area contributed by atoms with Gasteiger partial charge in [0.05, 0.1) is 6.54 Å². The molecule has 1 rings (SSSR count). The minimum atomic E-state index is -1.10. The molecule has 0 aliphatic carbocycles. The zero-order valence-corrected chi connectivity index (χ0v) is 9.68. The molecule has 1 saturated heterocycles. The van der Waals surface area contributed by atoms with E-state index in [-0.39, 0.29) is 12.5 Å². The fourth-order valence-corrected chi connectivity index (χ4v) is 1.83. The van der Waals surface area contributed by atoms with Gasteiger partial charge in [0.2, 0.25) is 11.8 Å². The number of likely N-dealkylation sites (tertiary alicyclic amines) is 1. The van der Waals surface area contributed by atoms with Crippen LogP contribution in [0.2, 0.25) is 0 Å². The van der Waals surface area contributed by atoms with E-state index in [0.29, 0.717) is 13.0 Å². The lowest BCUT2D eigenvalue weighted by Gasteiger charge is -2.24. The van der Waals surface area contributed by atoms with Crippen LogP contribution < -0.4 is 11.1 Å². The maximum absolute atomic E-state index is 11.8. The summed E-state index contributed by atoms with van der Waals surface area (Å²) in [6.07, 6.45) is 1.27. The summed E-state index contributed by atoms with van der Waals surface area (Å²) in [5.41, 5.74) is 5.25. The molecule has 1 fully saturated rings. The molecule has 96 valence electrons. The summed E-state index contributed by atoms with van der Waals surface area (Å²) < 4.78 is 0. The van der Waals surface area contributed by atoms with Crippen molar-refractivity contribution in [3.8, 4) is 0 Å². The number of carbonyl (C=O) groups excluding carboxylic acids is 2. The van der Waals surface area contributed by atoms with E-state index in [2.05, 4.69) is 5.32 Å². The van der Waals surface area contributed by atoms with Gasteiger partial charge in [-0.3, -0.25) is 14.4 Å². The fraction of sp³-hybridized carbons (Fsp3) is 0.700. The van der Waals surface area contributed by atoms with Crippen molar-refractivity contribution in [2.45, 2.75) is 31.8 Å². The van der Waals surface area contributed by atoms with E-state index < -0.39 is 24.0 Å². The average Bonchev–Trinajstić information content (AvgIpc) is 2.76. The van der Waals surface area contributed by atoms with Crippen molar-refractivity contribution < 1.29 is 19.5 Å². The summed E-state index contributed by atoms with van der Waals surface area (Å²) in [4.78, 5) is 35.2. The van der Waals surface area contributed by atoms with Crippen LogP contribution in [0.5, 0.6) is 0 Å². The summed E-state index contributed by atoms with van der Waals surface area (Å²) in [7, 11) is 0. The number of hydrogen-bond donors (Lipinski definition) is 3. The molecule has 0 radical (unpaired) electrons. The lowest BCUT2D eigenvalue weighted by atomic mass is 10.2. The average molecular weight is 243 g/mol. The minimum absolute atomic E-state index is 0.141. The van der Waals surface area contributed by atoms with Crippen LogP contribution in [0.3, 0.4) is 0 Å². The highest BCUT2D eigenvalue weighted by molar-refractivity contribution is 5.91. The fourth-order valence-electron chi connectivity index (χ4n) is 1.83. The van der Waals surface area contributed by atoms with E-state index in [0.717, 1.165) is 6.42 Å². The molecule has 0 aromatic rings. The zero-order chi connectivity index (χ0) is 13.0. The number of nitrogens with two attached hydrogens (primary N) is 1. The minimum Gasteiger partial charge on any atom is -0.480 e. The number of carboxylic acids is 1. The van der Waals surface area contributed by atoms with Gasteiger partial charge in [-0.25, -0.2) is 0 Å². The number of amides is 2. The molecule has 7 heteroatoms. The lowest BCUT2D eigenvalue weighted by Crippen LogP contribution is -2.51. The normalized spacial score (nSPS) is 21.1. The van der Waals surface area contributed by atoms with Crippen LogP contribution in [-0.2, 0) is 14.4 Å². The Bertz CT molecular complexity index is 332. The van der Waals surface area contributed by atoms with E-state index in [9.17, 15) is 14.4 Å². The number of nitrogens with zero attached hydrogens (tertiary/aromatic N) is 1. The van der Waals surface area contributed by atoms with Gasteiger partial charge in [0, 0.05) is 6.54 Å². The Labute approximate surface area is 98.9 Å². The summed E-state index contributed by atoms with van der Waals surface area (Å²) in [6, 6.07) is -1.55. The molecule has 2 amide bonds. The number of carbonyl (C=O) groups is 3. The smallest absolute Gasteiger partial charge is 0.325 e. The van der Waals surface area contributed by atoms with Gasteiger partial charge in [0.1, 0.15) is 12.1 Å². The predicted molar refractivity (Wildman–Crippen MR) is 59.0 cm³/mol. The van der Waals surface area contributed by atoms with Gasteiger partial charge in [-0.15, -0.1) is 0 Å². The molecule has 0 aromatic heterocycles. The van der Waals surface area contributed by atoms with Crippen LogP contribution in [0, 0.1) is 0 Å². The molecule has 1 aliphatic rings. The molecule has 1 heterocycles. The molecule has 0 spiro atoms. The van der Waals surface area contributed by atoms with Gasteiger partial charge in [0.25, 0.3) is 0 Å². The van der Waals surface area contributed by atoms with Crippen LogP contribution in [0.25, 0.3) is 0 Å². The molecule has 4 N–H and O–H groups in total. The molecule has 1 aliphatic heterocycles. The Morgan fingerprint density at radius 2 is 2.18 bits per heavy atom. The Hall–Kier alpha value is -1.63. The molecule has 0 aromatic carbocycles. The van der Waals surface area contributed by atoms with Crippen molar-refractivity contribution in [3.05, 3.63) is 0 Å². The van der Waals surface area contributed by atoms with E-state index in [1.54, 1.807) is 0 Å². The quantitative estimate of drug-likeness (QED) is 0.557. The number of carboxylic acid groups (broad SMARTS) is 1. The van der Waals surface area contributed by atoms with E-state index in [1.165, 1.54) is 11.8 Å². The zero-order valence-electron chi connectivity index (χ0n) is 9.68. The van der Waals surface area contributed by atoms with E-state index in [4.69, 9.17) is 10.8 Å². The third-order valence-electron chi connectivity index (χ3n) is 2.78. The highest BCUT2D eigenvalue weighted by atomic mass is 16.4. The van der Waals surface area contributed by atoms with Gasteiger partial charge >= 0.3 is 5.97 Å². The lowest BCUT2D eigenvalue weighted by molar-refractivity contribution is -0.143. The standard InChI is InChI=1S/C10H17N3O4/c1-6(10(16)17)12-9(15)7-3-2-4-13(7)8(14)5-11/h6-7H,2-5,11H2,1H3,(H,12,15)(H,16,17)/t6-,7-/m0/s1. The van der Waals surface area contributed by atoms with Crippen molar-refractivity contribution in [2.75, 3.05) is 13.1 Å². The first-order chi connectivity index (χ1) is 7.97. The van der Waals surface area contributed by atoms with E-state index >= 15 is 0 Å². The highest BCUT2D eigenvalue weighted by Crippen LogP contribution is 2.17. The molecule has 17 heavy (non-hydrogen) atoms. The van der Waals surface area contributed by atoms with Crippen LogP contribution in [-0.4, -0.2) is 53.0 Å². The summed E-state index contributed by atoms with van der Waals surface area (Å²) in [5.74, 6) is -1.82. The molecule has 2 atom stereocenters. The Morgan fingerprint density at radius 1 is 1.53 bits per heavy atom. The summed E-state index contributed by atoms with van der Waals surface area (Å²) in [6.45, 7) is 1.73. The largest absolute Gasteiger partial charge is 0.480 e. The van der Waals surface area contributed by atoms with Crippen LogP contribution >= 0.6 is 0 Å². The summed E-state index contributed by atoms with van der Waals surface area (Å²) in [5, 5.41) is 11.0. The Balaban J connectivity index is 2.62. The second-order valence-electron chi connectivity index (χ2n) is 4.02. The molecular formula is C10H17N3O4. The van der Waals surface area contributed by atoms with Gasteiger partial charge in [-0.1, -0.05) is 0 Å². The van der Waals surface area contributed by atoms with Gasteiger partial charge in [-0.05, 0) is 19.8 Å². The second-order valence-corrected chi connectivity index (χ2v) is 4.02. The molecule has 0 bridgehead atoms. The molecule has 7 nitrogen and oxygen atoms in total. The van der Waals surface area contributed by atoms with Crippen molar-refractivity contribution in [2.24, 2.45) is 5.73 Å². The molecular weight excluding hydrogens is 226 g/mol. The molecule has 0 saturated carbocycles. The summed E-state index contributed by atoms with van der Waals surface area (Å²) >= 11 is 0. The second kappa shape index (κ2) is 5.62. The van der Waals surface area contributed by atoms with Gasteiger partial charge in [0.15, 0.2) is 0 Å². The SMILES string of the molecule is C[C@H](NC(=O)[C@@H]1CCCN1C(=O)CN)C(=O)O. The third-order valence-corrected chi connectivity index (χ3v) is 2.78. The maximum Gasteiger partial charge on any atom is 0.325 e. The first-order valence-electron chi connectivity index (χ1n) is 5.50. The van der Waals surface area contributed by atoms with Crippen molar-refractivity contribution in [1.29, 1.82) is 0 Å². The highest BCUT2D eigenvalue weighted by Gasteiger charge is 2.34. The van der Waals surface area contributed by atoms with Crippen LogP contribution in [0.1, 0.15) is 19.8 Å². The van der Waals surface area contributed by atoms with Crippen molar-refractivity contribution >= 4 is 17.8 Å². The third kappa shape index (κ3) is 3.16. The number of hydrogen-bond acceptors (Lipinski definition) is 4. The molecule has 0 unspecified atom stereocenters. The monoisotopic (exact) mass is 243 g/mol. The van der Waals surface area contributed by atoms with Crippen LogP contribution in [0.4, 0.5) is 0 Å². The van der Waals surface area contributed by atoms with E-state index in [1.807, 2.05) is 0 Å².